The summed E-state index contributed by atoms with van der Waals surface area (Å²) in [6.07, 6.45) is 3.09. The summed E-state index contributed by atoms with van der Waals surface area (Å²) in [5, 5.41) is 20.9. The molecule has 2 heterocycles. The number of hydrogen-bond donors (Lipinski definition) is 3. The largest absolute Gasteiger partial charge is 0.493 e. The molecule has 0 bridgehead atoms. The second kappa shape index (κ2) is 7.31. The first-order valence-electron chi connectivity index (χ1n) is 8.54. The molecule has 0 unspecified atom stereocenters. The SMILES string of the molecule is O=c1[nH]c(/C=C2\C=Nc3cc(Cl)ccc32)c(O)n1[C@@H](CO)c1ccc(F)c(F)c1. The summed E-state index contributed by atoms with van der Waals surface area (Å²) >= 11 is 5.95. The van der Waals surface area contributed by atoms with Gasteiger partial charge in [0.25, 0.3) is 0 Å². The highest BCUT2D eigenvalue weighted by Crippen LogP contribution is 2.35. The summed E-state index contributed by atoms with van der Waals surface area (Å²) in [5.41, 5.74) is 1.55. The molecule has 0 fully saturated rings. The Labute approximate surface area is 168 Å². The molecular formula is C20H14ClF2N3O3. The van der Waals surface area contributed by atoms with Gasteiger partial charge in [0.05, 0.1) is 18.3 Å². The van der Waals surface area contributed by atoms with E-state index in [2.05, 4.69) is 9.98 Å². The molecule has 0 aliphatic carbocycles. The zero-order chi connectivity index (χ0) is 20.7. The fraction of sp³-hybridized carbons (Fsp3) is 0.100. The summed E-state index contributed by atoms with van der Waals surface area (Å²) < 4.78 is 27.7. The highest BCUT2D eigenvalue weighted by Gasteiger charge is 2.23. The Hall–Kier alpha value is -3.23. The van der Waals surface area contributed by atoms with Crippen molar-refractivity contribution in [2.45, 2.75) is 6.04 Å². The molecule has 9 heteroatoms. The molecule has 0 spiro atoms. The third kappa shape index (κ3) is 3.37. The molecule has 3 aromatic rings. The normalized spacial score (nSPS) is 15.1. The number of nitrogens with one attached hydrogen (secondary N) is 1. The van der Waals surface area contributed by atoms with Crippen molar-refractivity contribution >= 4 is 35.2 Å². The van der Waals surface area contributed by atoms with Gasteiger partial charge in [0, 0.05) is 22.4 Å². The van der Waals surface area contributed by atoms with E-state index in [9.17, 15) is 23.8 Å². The van der Waals surface area contributed by atoms with Crippen molar-refractivity contribution in [2.75, 3.05) is 6.61 Å². The second-order valence-corrected chi connectivity index (χ2v) is 6.87. The lowest BCUT2D eigenvalue weighted by molar-refractivity contribution is 0.236. The number of halogens is 3. The number of nitrogens with zero attached hydrogens (tertiary/aromatic N) is 2. The van der Waals surface area contributed by atoms with Gasteiger partial charge in [-0.3, -0.25) is 9.56 Å². The summed E-state index contributed by atoms with van der Waals surface area (Å²) in [4.78, 5) is 19.2. The fourth-order valence-electron chi connectivity index (χ4n) is 3.24. The molecule has 4 rings (SSSR count). The van der Waals surface area contributed by atoms with E-state index in [1.165, 1.54) is 12.1 Å². The van der Waals surface area contributed by atoms with Gasteiger partial charge in [-0.05, 0) is 35.9 Å². The number of H-pyrrole nitrogens is 1. The minimum absolute atomic E-state index is 0.0836. The molecule has 29 heavy (non-hydrogen) atoms. The van der Waals surface area contributed by atoms with Gasteiger partial charge >= 0.3 is 5.69 Å². The van der Waals surface area contributed by atoms with Crippen LogP contribution in [0.3, 0.4) is 0 Å². The Morgan fingerprint density at radius 3 is 2.72 bits per heavy atom. The highest BCUT2D eigenvalue weighted by molar-refractivity contribution is 6.31. The van der Waals surface area contributed by atoms with Gasteiger partial charge in [0.15, 0.2) is 11.6 Å². The molecule has 0 radical (unpaired) electrons. The second-order valence-electron chi connectivity index (χ2n) is 6.43. The Kier molecular flexibility index (Phi) is 4.81. The van der Waals surface area contributed by atoms with Gasteiger partial charge < -0.3 is 15.2 Å². The maximum atomic E-state index is 13.6. The molecule has 2 aromatic carbocycles. The molecule has 0 amide bonds. The summed E-state index contributed by atoms with van der Waals surface area (Å²) in [6, 6.07) is 7.04. The van der Waals surface area contributed by atoms with Gasteiger partial charge in [-0.15, -0.1) is 0 Å². The maximum absolute atomic E-state index is 13.6. The van der Waals surface area contributed by atoms with E-state index in [4.69, 9.17) is 11.6 Å². The van der Waals surface area contributed by atoms with Crippen LogP contribution in [0, 0.1) is 11.6 Å². The van der Waals surface area contributed by atoms with Crippen LogP contribution >= 0.6 is 11.6 Å². The van der Waals surface area contributed by atoms with Gasteiger partial charge in [-0.25, -0.2) is 13.6 Å². The van der Waals surface area contributed by atoms with Crippen LogP contribution in [0.15, 0.2) is 46.2 Å². The van der Waals surface area contributed by atoms with Crippen molar-refractivity contribution in [3.8, 4) is 5.88 Å². The average molecular weight is 418 g/mol. The number of hydrogen-bond acceptors (Lipinski definition) is 4. The summed E-state index contributed by atoms with van der Waals surface area (Å²) in [7, 11) is 0. The molecule has 1 aliphatic heterocycles. The first-order valence-corrected chi connectivity index (χ1v) is 8.92. The van der Waals surface area contributed by atoms with Crippen LogP contribution in [0.5, 0.6) is 5.88 Å². The number of imidazole rings is 1. The van der Waals surface area contributed by atoms with Crippen molar-refractivity contribution in [1.82, 2.24) is 9.55 Å². The Morgan fingerprint density at radius 2 is 2.00 bits per heavy atom. The monoisotopic (exact) mass is 417 g/mol. The number of aliphatic hydroxyl groups excluding tert-OH is 1. The fourth-order valence-corrected chi connectivity index (χ4v) is 3.40. The molecule has 1 atom stereocenters. The van der Waals surface area contributed by atoms with Crippen molar-refractivity contribution in [2.24, 2.45) is 4.99 Å². The Morgan fingerprint density at radius 1 is 1.21 bits per heavy atom. The van der Waals surface area contributed by atoms with Crippen LogP contribution in [0.1, 0.15) is 22.9 Å². The van der Waals surface area contributed by atoms with Crippen LogP contribution in [0.4, 0.5) is 14.5 Å². The molecule has 3 N–H and O–H groups in total. The lowest BCUT2D eigenvalue weighted by atomic mass is 10.1. The Bertz CT molecular complexity index is 1230. The van der Waals surface area contributed by atoms with E-state index < -0.39 is 35.9 Å². The molecule has 1 aromatic heterocycles. The summed E-state index contributed by atoms with van der Waals surface area (Å²) in [6.45, 7) is -0.616. The number of aromatic nitrogens is 2. The highest BCUT2D eigenvalue weighted by atomic mass is 35.5. The lowest BCUT2D eigenvalue weighted by Crippen LogP contribution is -2.25. The first kappa shape index (κ1) is 19.1. The van der Waals surface area contributed by atoms with E-state index in [0.29, 0.717) is 16.3 Å². The van der Waals surface area contributed by atoms with Gasteiger partial charge in [0.1, 0.15) is 5.69 Å². The number of aromatic amines is 1. The molecule has 1 aliphatic rings. The van der Waals surface area contributed by atoms with Crippen molar-refractivity contribution in [1.29, 1.82) is 0 Å². The zero-order valence-electron chi connectivity index (χ0n) is 14.7. The third-order valence-corrected chi connectivity index (χ3v) is 4.89. The number of benzene rings is 2. The molecule has 6 nitrogen and oxygen atoms in total. The van der Waals surface area contributed by atoms with Crippen LogP contribution < -0.4 is 5.69 Å². The van der Waals surface area contributed by atoms with Crippen LogP contribution in [0.25, 0.3) is 11.6 Å². The number of aliphatic imine (C=N–C) groups is 1. The molecular weight excluding hydrogens is 404 g/mol. The minimum Gasteiger partial charge on any atom is -0.493 e. The quantitative estimate of drug-likeness (QED) is 0.605. The molecule has 0 saturated carbocycles. The number of allylic oxidation sites excluding steroid dienone is 1. The van der Waals surface area contributed by atoms with Crippen LogP contribution in [-0.2, 0) is 0 Å². The van der Waals surface area contributed by atoms with E-state index in [0.717, 1.165) is 22.3 Å². The number of aliphatic hydroxyl groups is 1. The van der Waals surface area contributed by atoms with Gasteiger partial charge in [0.2, 0.25) is 5.88 Å². The van der Waals surface area contributed by atoms with E-state index in [1.807, 2.05) is 0 Å². The third-order valence-electron chi connectivity index (χ3n) is 4.66. The number of rotatable bonds is 4. The topological polar surface area (TPSA) is 90.6 Å². The van der Waals surface area contributed by atoms with Gasteiger partial charge in [-0.1, -0.05) is 23.7 Å². The van der Waals surface area contributed by atoms with Crippen LogP contribution in [0.2, 0.25) is 5.02 Å². The van der Waals surface area contributed by atoms with Crippen molar-refractivity contribution < 1.29 is 19.0 Å². The van der Waals surface area contributed by atoms with E-state index in [-0.39, 0.29) is 11.3 Å². The first-order chi connectivity index (χ1) is 13.9. The summed E-state index contributed by atoms with van der Waals surface area (Å²) in [5.74, 6) is -2.63. The predicted octanol–water partition coefficient (Wildman–Crippen LogP) is 3.65. The Balaban J connectivity index is 1.77. The smallest absolute Gasteiger partial charge is 0.329 e. The number of aromatic hydroxyl groups is 1. The minimum atomic E-state index is -1.12. The lowest BCUT2D eigenvalue weighted by Gasteiger charge is -2.16. The van der Waals surface area contributed by atoms with Crippen LogP contribution in [-0.4, -0.2) is 32.6 Å². The zero-order valence-corrected chi connectivity index (χ0v) is 15.5. The maximum Gasteiger partial charge on any atom is 0.329 e. The van der Waals surface area contributed by atoms with Crippen molar-refractivity contribution in [3.05, 3.63) is 80.4 Å². The van der Waals surface area contributed by atoms with E-state index in [1.54, 1.807) is 24.4 Å². The number of fused-ring (bicyclic) bond motifs is 1. The van der Waals surface area contributed by atoms with E-state index >= 15 is 0 Å². The molecule has 0 saturated heterocycles. The predicted molar refractivity (Wildman–Crippen MR) is 106 cm³/mol. The van der Waals surface area contributed by atoms with Crippen molar-refractivity contribution in [3.63, 3.8) is 0 Å². The average Bonchev–Trinajstić information content (AvgIpc) is 3.20. The van der Waals surface area contributed by atoms with Gasteiger partial charge in [-0.2, -0.15) is 0 Å². The molecule has 148 valence electrons. The standard InChI is InChI=1S/C20H14ClF2N3O3/c21-12-2-3-13-11(8-24-16(13)7-12)6-17-19(28)26(20(29)25-17)18(9-27)10-1-4-14(22)15(23)5-10/h1-8,18,27-28H,9H2,(H,25,29)/b11-6+/t18-/m0/s1.